The third kappa shape index (κ3) is 4.87. The molecule has 5 heteroatoms. The van der Waals surface area contributed by atoms with E-state index in [1.807, 2.05) is 19.1 Å². The Hall–Kier alpha value is -1.75. The Morgan fingerprint density at radius 1 is 1.12 bits per heavy atom. The van der Waals surface area contributed by atoms with E-state index in [1.54, 1.807) is 7.11 Å². The summed E-state index contributed by atoms with van der Waals surface area (Å²) in [6.45, 7) is 2.86. The van der Waals surface area contributed by atoms with Crippen molar-refractivity contribution in [3.05, 3.63) is 29.8 Å². The topological polar surface area (TPSA) is 59.6 Å². The summed E-state index contributed by atoms with van der Waals surface area (Å²) in [5.41, 5.74) is 1.07. The Labute approximate surface area is 144 Å². The summed E-state index contributed by atoms with van der Waals surface area (Å²) in [4.78, 5) is 11.9. The minimum atomic E-state index is -0.246. The van der Waals surface area contributed by atoms with E-state index in [9.17, 15) is 4.79 Å². The number of hydrogen-bond acceptors (Lipinski definition) is 4. The van der Waals surface area contributed by atoms with Crippen molar-refractivity contribution in [3.8, 4) is 5.75 Å². The van der Waals surface area contributed by atoms with Crippen LogP contribution in [0.2, 0.25) is 0 Å². The number of benzene rings is 1. The highest BCUT2D eigenvalue weighted by molar-refractivity contribution is 5.68. The third-order valence-electron chi connectivity index (χ3n) is 5.10. The van der Waals surface area contributed by atoms with Crippen molar-refractivity contribution in [3.63, 3.8) is 0 Å². The Kier molecular flexibility index (Phi) is 5.29. The van der Waals surface area contributed by atoms with Crippen LogP contribution in [0, 0.1) is 0 Å². The molecule has 0 aromatic heterocycles. The van der Waals surface area contributed by atoms with E-state index in [-0.39, 0.29) is 17.7 Å². The summed E-state index contributed by atoms with van der Waals surface area (Å²) in [5.74, 6) is 0.886. The Morgan fingerprint density at radius 2 is 1.75 bits per heavy atom. The van der Waals surface area contributed by atoms with Gasteiger partial charge < -0.3 is 20.1 Å². The molecular weight excluding hydrogens is 304 g/mol. The van der Waals surface area contributed by atoms with Gasteiger partial charge in [0.15, 0.2) is 0 Å². The summed E-state index contributed by atoms with van der Waals surface area (Å²) in [5, 5.41) is 6.63. The molecule has 2 saturated carbocycles. The van der Waals surface area contributed by atoms with Gasteiger partial charge in [-0.2, -0.15) is 0 Å². The molecule has 0 saturated heterocycles. The van der Waals surface area contributed by atoms with E-state index in [4.69, 9.17) is 9.47 Å². The number of amides is 1. The van der Waals surface area contributed by atoms with Gasteiger partial charge in [-0.25, -0.2) is 4.79 Å². The first kappa shape index (κ1) is 17.1. The van der Waals surface area contributed by atoms with Crippen LogP contribution in [0.4, 0.5) is 4.79 Å². The van der Waals surface area contributed by atoms with E-state index in [1.165, 1.54) is 5.56 Å². The van der Waals surface area contributed by atoms with Crippen molar-refractivity contribution in [2.24, 2.45) is 0 Å². The molecule has 2 fully saturated rings. The number of carbonyl (C=O) groups excluding carboxylic acids is 1. The molecule has 132 valence electrons. The van der Waals surface area contributed by atoms with E-state index in [0.717, 1.165) is 50.8 Å². The van der Waals surface area contributed by atoms with Gasteiger partial charge in [-0.05, 0) is 63.1 Å². The first-order valence-corrected chi connectivity index (χ1v) is 8.92. The number of nitrogens with one attached hydrogen (secondary N) is 2. The zero-order valence-electron chi connectivity index (χ0n) is 14.6. The van der Waals surface area contributed by atoms with Crippen LogP contribution in [-0.2, 0) is 11.3 Å². The van der Waals surface area contributed by atoms with Gasteiger partial charge in [-0.3, -0.25) is 0 Å². The smallest absolute Gasteiger partial charge is 0.407 e. The highest BCUT2D eigenvalue weighted by atomic mass is 16.6. The van der Waals surface area contributed by atoms with Crippen molar-refractivity contribution in [1.82, 2.24) is 10.6 Å². The van der Waals surface area contributed by atoms with Gasteiger partial charge in [0.25, 0.3) is 0 Å². The number of ether oxygens (including phenoxy) is 2. The molecular formula is C19H28N2O3. The van der Waals surface area contributed by atoms with E-state index >= 15 is 0 Å². The summed E-state index contributed by atoms with van der Waals surface area (Å²) in [6, 6.07) is 8.93. The maximum atomic E-state index is 11.9. The minimum Gasteiger partial charge on any atom is -0.497 e. The molecule has 0 atom stereocenters. The predicted octanol–water partition coefficient (Wildman–Crippen LogP) is 3.37. The molecule has 3 rings (SSSR count). The minimum absolute atomic E-state index is 0.193. The number of hydrogen-bond donors (Lipinski definition) is 2. The standard InChI is InChI=1S/C19H28N2O3/c1-19(11-12-19)24-18(22)21-16-7-5-15(6-8-16)20-13-14-3-9-17(23-2)10-4-14/h3-4,9-10,15-16,20H,5-8,11-13H2,1-2H3,(H,21,22). The van der Waals surface area contributed by atoms with Gasteiger partial charge in [-0.1, -0.05) is 12.1 Å². The van der Waals surface area contributed by atoms with Crippen LogP contribution in [0.25, 0.3) is 0 Å². The molecule has 0 bridgehead atoms. The lowest BCUT2D eigenvalue weighted by Gasteiger charge is -2.30. The molecule has 24 heavy (non-hydrogen) atoms. The Bertz CT molecular complexity index is 546. The molecule has 0 spiro atoms. The number of methoxy groups -OCH3 is 1. The van der Waals surface area contributed by atoms with Crippen LogP contribution in [0.3, 0.4) is 0 Å². The SMILES string of the molecule is COc1ccc(CNC2CCC(NC(=O)OC3(C)CC3)CC2)cc1. The van der Waals surface area contributed by atoms with Gasteiger partial charge in [0.05, 0.1) is 7.11 Å². The lowest BCUT2D eigenvalue weighted by Crippen LogP contribution is -2.43. The highest BCUT2D eigenvalue weighted by Crippen LogP contribution is 2.38. The third-order valence-corrected chi connectivity index (χ3v) is 5.10. The van der Waals surface area contributed by atoms with Crippen molar-refractivity contribution < 1.29 is 14.3 Å². The van der Waals surface area contributed by atoms with E-state index in [0.29, 0.717) is 6.04 Å². The quantitative estimate of drug-likeness (QED) is 0.838. The molecule has 0 aliphatic heterocycles. The van der Waals surface area contributed by atoms with Crippen molar-refractivity contribution in [2.75, 3.05) is 7.11 Å². The number of rotatable bonds is 6. The lowest BCUT2D eigenvalue weighted by atomic mass is 9.91. The van der Waals surface area contributed by atoms with Crippen LogP contribution in [0.15, 0.2) is 24.3 Å². The summed E-state index contributed by atoms with van der Waals surface area (Å²) < 4.78 is 10.6. The molecule has 1 amide bonds. The Balaban J connectivity index is 1.34. The number of carbonyl (C=O) groups is 1. The molecule has 1 aromatic rings. The maximum absolute atomic E-state index is 11.9. The molecule has 0 heterocycles. The van der Waals surface area contributed by atoms with Gasteiger partial charge in [0, 0.05) is 18.6 Å². The average molecular weight is 332 g/mol. The molecule has 2 aliphatic rings. The van der Waals surface area contributed by atoms with Crippen molar-refractivity contribution in [2.45, 2.75) is 69.7 Å². The highest BCUT2D eigenvalue weighted by Gasteiger charge is 2.42. The largest absolute Gasteiger partial charge is 0.497 e. The summed E-state index contributed by atoms with van der Waals surface area (Å²) in [6.07, 6.45) is 5.91. The van der Waals surface area contributed by atoms with Gasteiger partial charge in [0.1, 0.15) is 11.4 Å². The fourth-order valence-electron chi connectivity index (χ4n) is 3.15. The average Bonchev–Trinajstić information content (AvgIpc) is 3.31. The molecule has 1 aromatic carbocycles. The van der Waals surface area contributed by atoms with Crippen LogP contribution in [0.1, 0.15) is 51.0 Å². The second-order valence-electron chi connectivity index (χ2n) is 7.26. The number of alkyl carbamates (subject to hydrolysis) is 1. The predicted molar refractivity (Wildman–Crippen MR) is 93.1 cm³/mol. The fourth-order valence-corrected chi connectivity index (χ4v) is 3.15. The zero-order valence-corrected chi connectivity index (χ0v) is 14.6. The molecule has 0 unspecified atom stereocenters. The van der Waals surface area contributed by atoms with Crippen LogP contribution < -0.4 is 15.4 Å². The van der Waals surface area contributed by atoms with E-state index < -0.39 is 0 Å². The molecule has 5 nitrogen and oxygen atoms in total. The molecule has 2 aliphatic carbocycles. The van der Waals surface area contributed by atoms with E-state index in [2.05, 4.69) is 22.8 Å². The van der Waals surface area contributed by atoms with Gasteiger partial charge >= 0.3 is 6.09 Å². The molecule has 0 radical (unpaired) electrons. The van der Waals surface area contributed by atoms with Crippen LogP contribution in [-0.4, -0.2) is 30.9 Å². The van der Waals surface area contributed by atoms with Gasteiger partial charge in [0.2, 0.25) is 0 Å². The summed E-state index contributed by atoms with van der Waals surface area (Å²) >= 11 is 0. The fraction of sp³-hybridized carbons (Fsp3) is 0.632. The lowest BCUT2D eigenvalue weighted by molar-refractivity contribution is 0.0880. The van der Waals surface area contributed by atoms with Gasteiger partial charge in [-0.15, -0.1) is 0 Å². The second-order valence-corrected chi connectivity index (χ2v) is 7.26. The zero-order chi connectivity index (χ0) is 17.0. The van der Waals surface area contributed by atoms with Crippen molar-refractivity contribution >= 4 is 6.09 Å². The van der Waals surface area contributed by atoms with Crippen molar-refractivity contribution in [1.29, 1.82) is 0 Å². The first-order valence-electron chi connectivity index (χ1n) is 8.92. The Morgan fingerprint density at radius 3 is 2.33 bits per heavy atom. The second kappa shape index (κ2) is 7.43. The molecule has 2 N–H and O–H groups in total. The normalized spacial score (nSPS) is 24.9. The van der Waals surface area contributed by atoms with Crippen LogP contribution >= 0.6 is 0 Å². The summed E-state index contributed by atoms with van der Waals surface area (Å²) in [7, 11) is 1.68. The maximum Gasteiger partial charge on any atom is 0.407 e. The first-order chi connectivity index (χ1) is 11.6. The van der Waals surface area contributed by atoms with Crippen LogP contribution in [0.5, 0.6) is 5.75 Å². The monoisotopic (exact) mass is 332 g/mol.